The zero-order valence-electron chi connectivity index (χ0n) is 10.2. The molecule has 0 aliphatic carbocycles. The number of carboxylic acids is 2. The monoisotopic (exact) mass is 250 g/mol. The molecule has 7 heteroatoms. The van der Waals surface area contributed by atoms with E-state index in [4.69, 9.17) is 26.8 Å². The predicted molar refractivity (Wildman–Crippen MR) is 62.4 cm³/mol. The lowest BCUT2D eigenvalue weighted by atomic mass is 10.0. The number of aliphatic hydroxyl groups is 1. The normalized spacial score (nSPS) is 15.1. The van der Waals surface area contributed by atoms with Crippen LogP contribution in [0.3, 0.4) is 0 Å². The maximum absolute atomic E-state index is 10.2. The summed E-state index contributed by atoms with van der Waals surface area (Å²) in [6, 6.07) is -1.62. The van der Waals surface area contributed by atoms with Crippen molar-refractivity contribution < 1.29 is 24.9 Å². The fourth-order valence-electron chi connectivity index (χ4n) is 0.760. The van der Waals surface area contributed by atoms with E-state index in [0.29, 0.717) is 0 Å². The van der Waals surface area contributed by atoms with Gasteiger partial charge in [0.2, 0.25) is 0 Å². The first-order valence-corrected chi connectivity index (χ1v) is 5.35. The molecule has 102 valence electrons. The van der Waals surface area contributed by atoms with Gasteiger partial charge in [0.25, 0.3) is 0 Å². The van der Waals surface area contributed by atoms with Crippen molar-refractivity contribution in [2.75, 3.05) is 6.61 Å². The molecule has 0 aliphatic heterocycles. The van der Waals surface area contributed by atoms with E-state index in [-0.39, 0.29) is 18.9 Å². The van der Waals surface area contributed by atoms with E-state index in [1.807, 2.05) is 13.8 Å². The first kappa shape index (κ1) is 18.2. The molecular weight excluding hydrogens is 228 g/mol. The second-order valence-corrected chi connectivity index (χ2v) is 3.71. The maximum Gasteiger partial charge on any atom is 0.320 e. The minimum absolute atomic E-state index is 0.0718. The molecule has 0 amide bonds. The summed E-state index contributed by atoms with van der Waals surface area (Å²) >= 11 is 0. The van der Waals surface area contributed by atoms with E-state index < -0.39 is 24.0 Å². The first-order valence-electron chi connectivity index (χ1n) is 5.35. The van der Waals surface area contributed by atoms with Crippen molar-refractivity contribution in [1.29, 1.82) is 0 Å². The highest BCUT2D eigenvalue weighted by molar-refractivity contribution is 5.73. The van der Waals surface area contributed by atoms with Gasteiger partial charge in [0, 0.05) is 6.61 Å². The van der Waals surface area contributed by atoms with Crippen LogP contribution in [-0.4, -0.2) is 45.9 Å². The second-order valence-electron chi connectivity index (χ2n) is 3.71. The van der Waals surface area contributed by atoms with Gasteiger partial charge in [-0.15, -0.1) is 0 Å². The molecule has 0 saturated heterocycles. The fourth-order valence-corrected chi connectivity index (χ4v) is 0.760. The standard InChI is InChI=1S/C6H13NO2.C4H9NO3/c1-3-4(2)5(7)6(8)9;5-3(1-2-6)4(7)8/h4-5H,3,7H2,1-2H3,(H,8,9);3,6H,1-2,5H2,(H,7,8). The van der Waals surface area contributed by atoms with Crippen LogP contribution in [0.15, 0.2) is 0 Å². The van der Waals surface area contributed by atoms with Crippen molar-refractivity contribution in [3.05, 3.63) is 0 Å². The SMILES string of the molecule is CCC(C)C(N)C(=O)O.NC(CCO)C(=O)O. The molecule has 7 nitrogen and oxygen atoms in total. The smallest absolute Gasteiger partial charge is 0.320 e. The van der Waals surface area contributed by atoms with Crippen LogP contribution < -0.4 is 11.5 Å². The molecule has 0 heterocycles. The lowest BCUT2D eigenvalue weighted by Gasteiger charge is -2.11. The predicted octanol–water partition coefficient (Wildman–Crippen LogP) is -0.775. The van der Waals surface area contributed by atoms with Crippen LogP contribution in [0.5, 0.6) is 0 Å². The molecule has 0 saturated carbocycles. The molecule has 0 bridgehead atoms. The largest absolute Gasteiger partial charge is 0.480 e. The topological polar surface area (TPSA) is 147 Å². The van der Waals surface area contributed by atoms with Crippen LogP contribution in [0.2, 0.25) is 0 Å². The molecule has 0 aromatic carbocycles. The minimum Gasteiger partial charge on any atom is -0.480 e. The highest BCUT2D eigenvalue weighted by Gasteiger charge is 2.17. The molecule has 3 unspecified atom stereocenters. The van der Waals surface area contributed by atoms with Crippen LogP contribution in [0.25, 0.3) is 0 Å². The van der Waals surface area contributed by atoms with E-state index in [1.54, 1.807) is 0 Å². The summed E-state index contributed by atoms with van der Waals surface area (Å²) in [6.07, 6.45) is 0.933. The number of nitrogens with two attached hydrogens (primary N) is 2. The Bertz CT molecular complexity index is 235. The highest BCUT2D eigenvalue weighted by atomic mass is 16.4. The van der Waals surface area contributed by atoms with Crippen molar-refractivity contribution in [3.63, 3.8) is 0 Å². The summed E-state index contributed by atoms with van der Waals surface area (Å²) in [5.41, 5.74) is 10.2. The van der Waals surface area contributed by atoms with Gasteiger partial charge in [-0.3, -0.25) is 9.59 Å². The molecule has 17 heavy (non-hydrogen) atoms. The molecule has 0 spiro atoms. The molecule has 7 N–H and O–H groups in total. The lowest BCUT2D eigenvalue weighted by molar-refractivity contribution is -0.140. The van der Waals surface area contributed by atoms with Gasteiger partial charge in [0.1, 0.15) is 12.1 Å². The molecule has 0 aromatic rings. The lowest BCUT2D eigenvalue weighted by Crippen LogP contribution is -2.36. The second kappa shape index (κ2) is 10.0. The van der Waals surface area contributed by atoms with E-state index in [1.165, 1.54) is 0 Å². The summed E-state index contributed by atoms with van der Waals surface area (Å²) < 4.78 is 0. The van der Waals surface area contributed by atoms with Gasteiger partial charge in [0.15, 0.2) is 0 Å². The first-order chi connectivity index (χ1) is 7.77. The molecule has 0 aromatic heterocycles. The summed E-state index contributed by atoms with van der Waals surface area (Å²) in [5.74, 6) is -1.91. The van der Waals surface area contributed by atoms with Crippen LogP contribution in [0.4, 0.5) is 0 Å². The number of carbonyl (C=O) groups is 2. The quantitative estimate of drug-likeness (QED) is 0.415. The van der Waals surface area contributed by atoms with Gasteiger partial charge in [0.05, 0.1) is 0 Å². The van der Waals surface area contributed by atoms with Crippen molar-refractivity contribution in [2.45, 2.75) is 38.8 Å². The van der Waals surface area contributed by atoms with Crippen LogP contribution in [-0.2, 0) is 9.59 Å². The Hall–Kier alpha value is -1.18. The number of carboxylic acid groups (broad SMARTS) is 2. The number of aliphatic hydroxyl groups excluding tert-OH is 1. The number of hydrogen-bond acceptors (Lipinski definition) is 5. The molecule has 3 atom stereocenters. The molecular formula is C10H22N2O5. The van der Waals surface area contributed by atoms with E-state index >= 15 is 0 Å². The van der Waals surface area contributed by atoms with Gasteiger partial charge >= 0.3 is 11.9 Å². The zero-order valence-corrected chi connectivity index (χ0v) is 10.2. The number of aliphatic carboxylic acids is 2. The van der Waals surface area contributed by atoms with Gasteiger partial charge in [-0.25, -0.2) is 0 Å². The zero-order chi connectivity index (χ0) is 14.0. The third kappa shape index (κ3) is 9.73. The van der Waals surface area contributed by atoms with E-state index in [9.17, 15) is 9.59 Å². The van der Waals surface area contributed by atoms with Crippen LogP contribution in [0.1, 0.15) is 26.7 Å². The Balaban J connectivity index is 0. The number of rotatable bonds is 6. The third-order valence-corrected chi connectivity index (χ3v) is 2.30. The Labute approximate surface area is 100 Å². The van der Waals surface area contributed by atoms with Gasteiger partial charge in [-0.1, -0.05) is 20.3 Å². The molecule has 0 radical (unpaired) electrons. The van der Waals surface area contributed by atoms with Gasteiger partial charge in [-0.05, 0) is 12.3 Å². The van der Waals surface area contributed by atoms with Crippen molar-refractivity contribution in [1.82, 2.24) is 0 Å². The summed E-state index contributed by atoms with van der Waals surface area (Å²) in [4.78, 5) is 20.0. The highest BCUT2D eigenvalue weighted by Crippen LogP contribution is 2.04. The van der Waals surface area contributed by atoms with Crippen LogP contribution >= 0.6 is 0 Å². The fraction of sp³-hybridized carbons (Fsp3) is 0.800. The Morgan fingerprint density at radius 3 is 1.76 bits per heavy atom. The summed E-state index contributed by atoms with van der Waals surface area (Å²) in [6.45, 7) is 3.58. The maximum atomic E-state index is 10.2. The average Bonchev–Trinajstić information content (AvgIpc) is 2.27. The summed E-state index contributed by atoms with van der Waals surface area (Å²) in [5, 5.41) is 24.6. The van der Waals surface area contributed by atoms with E-state index in [0.717, 1.165) is 6.42 Å². The Morgan fingerprint density at radius 1 is 1.18 bits per heavy atom. The van der Waals surface area contributed by atoms with E-state index in [2.05, 4.69) is 0 Å². The summed E-state index contributed by atoms with van der Waals surface area (Å²) in [7, 11) is 0. The average molecular weight is 250 g/mol. The van der Waals surface area contributed by atoms with Gasteiger partial charge in [-0.2, -0.15) is 0 Å². The molecule has 0 aliphatic rings. The molecule has 0 rings (SSSR count). The Morgan fingerprint density at radius 2 is 1.65 bits per heavy atom. The Kier molecular flexibility index (Phi) is 10.7. The van der Waals surface area contributed by atoms with Crippen LogP contribution in [0, 0.1) is 5.92 Å². The van der Waals surface area contributed by atoms with Crippen molar-refractivity contribution in [2.24, 2.45) is 17.4 Å². The van der Waals surface area contributed by atoms with Crippen molar-refractivity contribution in [3.8, 4) is 0 Å². The van der Waals surface area contributed by atoms with Crippen molar-refractivity contribution >= 4 is 11.9 Å². The third-order valence-electron chi connectivity index (χ3n) is 2.30. The molecule has 0 fully saturated rings. The number of hydrogen-bond donors (Lipinski definition) is 5. The minimum atomic E-state index is -1.07. The van der Waals surface area contributed by atoms with Gasteiger partial charge < -0.3 is 26.8 Å².